The molecule has 0 saturated carbocycles. The summed E-state index contributed by atoms with van der Waals surface area (Å²) >= 11 is 0. The van der Waals surface area contributed by atoms with Crippen molar-refractivity contribution in [3.63, 3.8) is 0 Å². The van der Waals surface area contributed by atoms with Gasteiger partial charge in [0.15, 0.2) is 0 Å². The lowest BCUT2D eigenvalue weighted by molar-refractivity contribution is 0.745. The third-order valence-electron chi connectivity index (χ3n) is 3.16. The van der Waals surface area contributed by atoms with E-state index in [1.165, 1.54) is 24.2 Å². The van der Waals surface area contributed by atoms with Crippen LogP contribution in [0.1, 0.15) is 33.6 Å². The van der Waals surface area contributed by atoms with Gasteiger partial charge >= 0.3 is 0 Å². The Morgan fingerprint density at radius 2 is 1.44 bits per heavy atom. The maximum Gasteiger partial charge on any atom is 0.0406 e. The van der Waals surface area contributed by atoms with Gasteiger partial charge in [0.05, 0.1) is 0 Å². The molecule has 0 unspecified atom stereocenters. The molecule has 0 aliphatic carbocycles. The van der Waals surface area contributed by atoms with Gasteiger partial charge in [0.25, 0.3) is 0 Å². The van der Waals surface area contributed by atoms with Gasteiger partial charge < -0.3 is 9.80 Å². The number of hydrogen-bond acceptors (Lipinski definition) is 2. The Labute approximate surface area is 112 Å². The lowest BCUT2D eigenvalue weighted by Gasteiger charge is -2.25. The van der Waals surface area contributed by atoms with Crippen LogP contribution in [0.3, 0.4) is 0 Å². The van der Waals surface area contributed by atoms with Crippen molar-refractivity contribution in [2.45, 2.75) is 33.6 Å². The number of rotatable bonds is 7. The second-order valence-electron chi connectivity index (χ2n) is 4.80. The molecule has 0 saturated heterocycles. The Morgan fingerprint density at radius 1 is 1.00 bits per heavy atom. The molecule has 0 amide bonds. The summed E-state index contributed by atoms with van der Waals surface area (Å²) in [6, 6.07) is 8.75. The van der Waals surface area contributed by atoms with Crippen molar-refractivity contribution in [2.24, 2.45) is 0 Å². The van der Waals surface area contributed by atoms with Crippen molar-refractivity contribution in [2.75, 3.05) is 29.9 Å². The standard InChI is InChI=1S/C16H26N2/c1-6-12-18(13-7-2)16-10-8-15(9-11-16)17(5)14(3)4/h8-11H,3,6-7,12-13H2,1-2,4-5H3. The van der Waals surface area contributed by atoms with Gasteiger partial charge in [-0.25, -0.2) is 0 Å². The van der Waals surface area contributed by atoms with Crippen LogP contribution in [0.5, 0.6) is 0 Å². The topological polar surface area (TPSA) is 6.48 Å². The molecule has 0 radical (unpaired) electrons. The highest BCUT2D eigenvalue weighted by Gasteiger charge is 2.06. The Morgan fingerprint density at radius 3 is 1.83 bits per heavy atom. The molecule has 0 aliphatic heterocycles. The molecule has 0 spiro atoms. The van der Waals surface area contributed by atoms with E-state index in [9.17, 15) is 0 Å². The van der Waals surface area contributed by atoms with Gasteiger partial charge in [-0.1, -0.05) is 20.4 Å². The molecule has 1 aromatic rings. The third kappa shape index (κ3) is 3.80. The Hall–Kier alpha value is -1.44. The monoisotopic (exact) mass is 246 g/mol. The zero-order chi connectivity index (χ0) is 13.5. The Bertz CT molecular complexity index is 361. The predicted molar refractivity (Wildman–Crippen MR) is 82.5 cm³/mol. The maximum atomic E-state index is 3.96. The van der Waals surface area contributed by atoms with E-state index in [2.05, 4.69) is 54.5 Å². The molecule has 0 heterocycles. The van der Waals surface area contributed by atoms with Crippen LogP contribution in [0, 0.1) is 0 Å². The van der Waals surface area contributed by atoms with Crippen molar-refractivity contribution in [3.05, 3.63) is 36.5 Å². The van der Waals surface area contributed by atoms with E-state index in [4.69, 9.17) is 0 Å². The summed E-state index contributed by atoms with van der Waals surface area (Å²) in [5.41, 5.74) is 3.57. The van der Waals surface area contributed by atoms with Crippen LogP contribution in [-0.4, -0.2) is 20.1 Å². The van der Waals surface area contributed by atoms with Crippen LogP contribution < -0.4 is 9.80 Å². The molecule has 0 aromatic heterocycles. The van der Waals surface area contributed by atoms with Crippen molar-refractivity contribution < 1.29 is 0 Å². The van der Waals surface area contributed by atoms with Crippen LogP contribution in [0.4, 0.5) is 11.4 Å². The zero-order valence-electron chi connectivity index (χ0n) is 12.2. The predicted octanol–water partition coefficient (Wildman–Crippen LogP) is 4.28. The van der Waals surface area contributed by atoms with Gasteiger partial charge in [-0.2, -0.15) is 0 Å². The van der Waals surface area contributed by atoms with E-state index in [1.807, 2.05) is 14.0 Å². The van der Waals surface area contributed by atoms with Crippen LogP contribution in [0.25, 0.3) is 0 Å². The lowest BCUT2D eigenvalue weighted by atomic mass is 10.2. The fourth-order valence-corrected chi connectivity index (χ4v) is 2.02. The Kier molecular flexibility index (Phi) is 5.76. The maximum absolute atomic E-state index is 3.96. The summed E-state index contributed by atoms with van der Waals surface area (Å²) in [5, 5.41) is 0. The molecule has 100 valence electrons. The quantitative estimate of drug-likeness (QED) is 0.708. The highest BCUT2D eigenvalue weighted by atomic mass is 15.1. The average Bonchev–Trinajstić information content (AvgIpc) is 2.38. The molecule has 2 nitrogen and oxygen atoms in total. The van der Waals surface area contributed by atoms with Gasteiger partial charge in [0, 0.05) is 37.2 Å². The minimum atomic E-state index is 1.06. The zero-order valence-corrected chi connectivity index (χ0v) is 12.2. The SMILES string of the molecule is C=C(C)N(C)c1ccc(N(CCC)CCC)cc1. The first-order valence-corrected chi connectivity index (χ1v) is 6.84. The van der Waals surface area contributed by atoms with Crippen LogP contribution in [0.15, 0.2) is 36.5 Å². The van der Waals surface area contributed by atoms with Crippen molar-refractivity contribution in [3.8, 4) is 0 Å². The van der Waals surface area contributed by atoms with Gasteiger partial charge in [-0.15, -0.1) is 0 Å². The normalized spacial score (nSPS) is 10.2. The van der Waals surface area contributed by atoms with Gasteiger partial charge in [-0.3, -0.25) is 0 Å². The molecule has 1 aromatic carbocycles. The van der Waals surface area contributed by atoms with E-state index < -0.39 is 0 Å². The fourth-order valence-electron chi connectivity index (χ4n) is 2.02. The molecular weight excluding hydrogens is 220 g/mol. The molecule has 0 atom stereocenters. The number of nitrogens with zero attached hydrogens (tertiary/aromatic N) is 2. The number of hydrogen-bond donors (Lipinski definition) is 0. The minimum absolute atomic E-state index is 1.06. The summed E-state index contributed by atoms with van der Waals surface area (Å²) in [6.45, 7) is 12.7. The smallest absolute Gasteiger partial charge is 0.0406 e. The lowest BCUT2D eigenvalue weighted by Crippen LogP contribution is -2.24. The first-order valence-electron chi connectivity index (χ1n) is 6.84. The highest BCUT2D eigenvalue weighted by Crippen LogP contribution is 2.22. The molecular formula is C16H26N2. The van der Waals surface area contributed by atoms with Gasteiger partial charge in [0.2, 0.25) is 0 Å². The number of anilines is 2. The van der Waals surface area contributed by atoms with Crippen LogP contribution >= 0.6 is 0 Å². The van der Waals surface area contributed by atoms with Crippen molar-refractivity contribution in [1.82, 2.24) is 0 Å². The van der Waals surface area contributed by atoms with Gasteiger partial charge in [0.1, 0.15) is 0 Å². The van der Waals surface area contributed by atoms with E-state index >= 15 is 0 Å². The summed E-state index contributed by atoms with van der Waals surface area (Å²) in [6.07, 6.45) is 2.38. The van der Waals surface area contributed by atoms with Crippen LogP contribution in [-0.2, 0) is 0 Å². The van der Waals surface area contributed by atoms with E-state index in [-0.39, 0.29) is 0 Å². The molecule has 0 bridgehead atoms. The van der Waals surface area contributed by atoms with E-state index in [0.29, 0.717) is 0 Å². The van der Waals surface area contributed by atoms with Crippen molar-refractivity contribution in [1.29, 1.82) is 0 Å². The number of benzene rings is 1. The second kappa shape index (κ2) is 7.10. The van der Waals surface area contributed by atoms with E-state index in [1.54, 1.807) is 0 Å². The summed E-state index contributed by atoms with van der Waals surface area (Å²) in [4.78, 5) is 4.55. The first-order chi connectivity index (χ1) is 8.60. The molecule has 1 rings (SSSR count). The minimum Gasteiger partial charge on any atom is -0.372 e. The molecule has 0 N–H and O–H groups in total. The van der Waals surface area contributed by atoms with Crippen LogP contribution in [0.2, 0.25) is 0 Å². The Balaban J connectivity index is 2.82. The molecule has 0 fully saturated rings. The molecule has 2 heteroatoms. The highest BCUT2D eigenvalue weighted by molar-refractivity contribution is 5.58. The number of allylic oxidation sites excluding steroid dienone is 1. The molecule has 18 heavy (non-hydrogen) atoms. The van der Waals surface area contributed by atoms with E-state index in [0.717, 1.165) is 18.8 Å². The largest absolute Gasteiger partial charge is 0.372 e. The van der Waals surface area contributed by atoms with Crippen molar-refractivity contribution >= 4 is 11.4 Å². The second-order valence-corrected chi connectivity index (χ2v) is 4.80. The third-order valence-corrected chi connectivity index (χ3v) is 3.16. The van der Waals surface area contributed by atoms with Gasteiger partial charge in [-0.05, 0) is 44.0 Å². The molecule has 0 aliphatic rings. The first kappa shape index (κ1) is 14.6. The summed E-state index contributed by atoms with van der Waals surface area (Å²) in [7, 11) is 2.05. The average molecular weight is 246 g/mol. The summed E-state index contributed by atoms with van der Waals surface area (Å²) in [5.74, 6) is 0. The fraction of sp³-hybridized carbons (Fsp3) is 0.500. The summed E-state index contributed by atoms with van der Waals surface area (Å²) < 4.78 is 0.